The third-order valence-corrected chi connectivity index (χ3v) is 3.88. The predicted octanol–water partition coefficient (Wildman–Crippen LogP) is 3.33. The van der Waals surface area contributed by atoms with Crippen LogP contribution in [0.5, 0.6) is 0 Å². The van der Waals surface area contributed by atoms with Crippen molar-refractivity contribution >= 4 is 21.7 Å². The van der Waals surface area contributed by atoms with Crippen LogP contribution in [0.15, 0.2) is 29.0 Å². The molecule has 0 radical (unpaired) electrons. The number of fused-ring (bicyclic) bond motifs is 1. The molecule has 0 amide bonds. The molecule has 0 aliphatic carbocycles. The number of anilines is 1. The van der Waals surface area contributed by atoms with Crippen LogP contribution in [0.4, 0.5) is 14.6 Å². The second-order valence-corrected chi connectivity index (χ2v) is 5.11. The second-order valence-electron chi connectivity index (χ2n) is 4.31. The number of nitrogens with one attached hydrogen (secondary N) is 1. The van der Waals surface area contributed by atoms with E-state index in [9.17, 15) is 8.78 Å². The first kappa shape index (κ1) is 12.5. The fourth-order valence-electron chi connectivity index (χ4n) is 2.19. The van der Waals surface area contributed by atoms with Gasteiger partial charge in [0, 0.05) is 24.5 Å². The lowest BCUT2D eigenvalue weighted by Crippen LogP contribution is -2.28. The van der Waals surface area contributed by atoms with E-state index in [-0.39, 0.29) is 0 Å². The number of rotatable bonds is 2. The van der Waals surface area contributed by atoms with E-state index in [1.165, 1.54) is 4.68 Å². The van der Waals surface area contributed by atoms with Crippen LogP contribution >= 0.6 is 15.9 Å². The van der Waals surface area contributed by atoms with Crippen LogP contribution in [-0.2, 0) is 0 Å². The molecule has 1 aliphatic heterocycles. The van der Waals surface area contributed by atoms with Gasteiger partial charge in [-0.15, -0.1) is 0 Å². The number of halogens is 3. The van der Waals surface area contributed by atoms with Gasteiger partial charge in [0.25, 0.3) is 6.43 Å². The quantitative estimate of drug-likeness (QED) is 0.919. The molecule has 1 atom stereocenters. The van der Waals surface area contributed by atoms with Crippen molar-refractivity contribution in [3.05, 3.63) is 29.0 Å². The molecule has 2 aromatic rings. The summed E-state index contributed by atoms with van der Waals surface area (Å²) in [6.45, 7) is 0.520. The summed E-state index contributed by atoms with van der Waals surface area (Å²) >= 11 is 3.43. The molecule has 0 bridgehead atoms. The van der Waals surface area contributed by atoms with E-state index in [0.717, 1.165) is 5.56 Å². The van der Waals surface area contributed by atoms with Crippen LogP contribution in [0.1, 0.15) is 12.5 Å². The van der Waals surface area contributed by atoms with Crippen molar-refractivity contribution in [3.63, 3.8) is 0 Å². The van der Waals surface area contributed by atoms with Crippen molar-refractivity contribution in [3.8, 4) is 11.3 Å². The Kier molecular flexibility index (Phi) is 3.22. The Morgan fingerprint density at radius 2 is 2.32 bits per heavy atom. The van der Waals surface area contributed by atoms with Gasteiger partial charge in [0.1, 0.15) is 17.6 Å². The van der Waals surface area contributed by atoms with Gasteiger partial charge < -0.3 is 5.32 Å². The molecule has 1 unspecified atom stereocenters. The molecule has 2 aromatic heterocycles. The van der Waals surface area contributed by atoms with E-state index in [2.05, 4.69) is 31.3 Å². The maximum Gasteiger partial charge on any atom is 0.260 e. The predicted molar refractivity (Wildman–Crippen MR) is 71.3 cm³/mol. The summed E-state index contributed by atoms with van der Waals surface area (Å²) in [5.74, 6) is 0.607. The van der Waals surface area contributed by atoms with Crippen LogP contribution in [0.3, 0.4) is 0 Å². The Bertz CT molecular complexity index is 585. The summed E-state index contributed by atoms with van der Waals surface area (Å²) in [5.41, 5.74) is 1.43. The third kappa shape index (κ3) is 2.11. The van der Waals surface area contributed by atoms with Crippen molar-refractivity contribution in [2.75, 3.05) is 11.9 Å². The van der Waals surface area contributed by atoms with Crippen LogP contribution in [0.2, 0.25) is 0 Å². The molecule has 4 nitrogen and oxygen atoms in total. The lowest BCUT2D eigenvalue weighted by molar-refractivity contribution is 0.0716. The highest BCUT2D eigenvalue weighted by atomic mass is 79.9. The molecular weight excluding hydrogens is 318 g/mol. The topological polar surface area (TPSA) is 42.7 Å². The Hall–Kier alpha value is -1.50. The van der Waals surface area contributed by atoms with E-state index in [1.54, 1.807) is 18.5 Å². The Labute approximate surface area is 117 Å². The average molecular weight is 329 g/mol. The summed E-state index contributed by atoms with van der Waals surface area (Å²) < 4.78 is 28.1. The van der Waals surface area contributed by atoms with Gasteiger partial charge in [0.15, 0.2) is 0 Å². The third-order valence-electron chi connectivity index (χ3n) is 3.13. The molecule has 0 saturated carbocycles. The minimum absolute atomic E-state index is 0.366. The van der Waals surface area contributed by atoms with Gasteiger partial charge in [0.05, 0.1) is 4.47 Å². The zero-order chi connectivity index (χ0) is 13.4. The SMILES string of the molecule is FC(F)C1CCNc2c(Br)c(-c3cccnc3)nn21. The molecule has 1 aliphatic rings. The number of hydrogen-bond donors (Lipinski definition) is 1. The van der Waals surface area contributed by atoms with Crippen molar-refractivity contribution in [1.29, 1.82) is 0 Å². The molecule has 100 valence electrons. The van der Waals surface area contributed by atoms with Crippen molar-refractivity contribution in [1.82, 2.24) is 14.8 Å². The molecule has 3 heterocycles. The van der Waals surface area contributed by atoms with E-state index < -0.39 is 12.5 Å². The minimum Gasteiger partial charge on any atom is -0.369 e. The standard InChI is InChI=1S/C12H11BrF2N4/c13-9-10(7-2-1-4-16-6-7)18-19-8(11(14)15)3-5-17-12(9)19/h1-2,4,6,8,11,17H,3,5H2. The van der Waals surface area contributed by atoms with Crippen LogP contribution in [-0.4, -0.2) is 27.7 Å². The van der Waals surface area contributed by atoms with Gasteiger partial charge in [0.2, 0.25) is 0 Å². The fraction of sp³-hybridized carbons (Fsp3) is 0.333. The average Bonchev–Trinajstić information content (AvgIpc) is 2.77. The number of hydrogen-bond acceptors (Lipinski definition) is 3. The normalized spacial score (nSPS) is 18.2. The van der Waals surface area contributed by atoms with Crippen molar-refractivity contribution < 1.29 is 8.78 Å². The smallest absolute Gasteiger partial charge is 0.260 e. The highest BCUT2D eigenvalue weighted by Gasteiger charge is 2.31. The summed E-state index contributed by atoms with van der Waals surface area (Å²) in [7, 11) is 0. The highest BCUT2D eigenvalue weighted by Crippen LogP contribution is 2.39. The first-order valence-corrected chi connectivity index (χ1v) is 6.68. The highest BCUT2D eigenvalue weighted by molar-refractivity contribution is 9.10. The van der Waals surface area contributed by atoms with E-state index in [0.29, 0.717) is 29.0 Å². The molecule has 0 fully saturated rings. The molecule has 19 heavy (non-hydrogen) atoms. The number of pyridine rings is 1. The van der Waals surface area contributed by atoms with E-state index in [4.69, 9.17) is 0 Å². The zero-order valence-corrected chi connectivity index (χ0v) is 11.4. The Morgan fingerprint density at radius 1 is 1.47 bits per heavy atom. The Morgan fingerprint density at radius 3 is 3.00 bits per heavy atom. The minimum atomic E-state index is -2.42. The van der Waals surface area contributed by atoms with Crippen LogP contribution < -0.4 is 5.32 Å². The van der Waals surface area contributed by atoms with Crippen molar-refractivity contribution in [2.24, 2.45) is 0 Å². The Balaban J connectivity index is 2.10. The molecule has 7 heteroatoms. The second kappa shape index (κ2) is 4.88. The largest absolute Gasteiger partial charge is 0.369 e. The molecular formula is C12H11BrF2N4. The molecule has 0 aromatic carbocycles. The van der Waals surface area contributed by atoms with E-state index >= 15 is 0 Å². The lowest BCUT2D eigenvalue weighted by Gasteiger charge is -2.24. The van der Waals surface area contributed by atoms with Gasteiger partial charge in [-0.1, -0.05) is 0 Å². The number of alkyl halides is 2. The maximum atomic E-state index is 13.0. The van der Waals surface area contributed by atoms with E-state index in [1.807, 2.05) is 6.07 Å². The van der Waals surface area contributed by atoms with Gasteiger partial charge in [-0.3, -0.25) is 4.98 Å². The van der Waals surface area contributed by atoms with Gasteiger partial charge in [-0.25, -0.2) is 13.5 Å². The number of aromatic nitrogens is 3. The van der Waals surface area contributed by atoms with Gasteiger partial charge in [-0.2, -0.15) is 5.10 Å². The first-order chi connectivity index (χ1) is 9.18. The van der Waals surface area contributed by atoms with Gasteiger partial charge in [-0.05, 0) is 34.5 Å². The van der Waals surface area contributed by atoms with Crippen LogP contribution in [0.25, 0.3) is 11.3 Å². The fourth-order valence-corrected chi connectivity index (χ4v) is 2.82. The van der Waals surface area contributed by atoms with Crippen LogP contribution in [0, 0.1) is 0 Å². The summed E-state index contributed by atoms with van der Waals surface area (Å²) in [5, 5.41) is 7.42. The zero-order valence-electron chi connectivity index (χ0n) is 9.85. The van der Waals surface area contributed by atoms with Crippen molar-refractivity contribution in [2.45, 2.75) is 18.9 Å². The molecule has 0 spiro atoms. The lowest BCUT2D eigenvalue weighted by atomic mass is 10.2. The summed E-state index contributed by atoms with van der Waals surface area (Å²) in [4.78, 5) is 4.02. The van der Waals surface area contributed by atoms with Gasteiger partial charge >= 0.3 is 0 Å². The molecule has 3 rings (SSSR count). The monoisotopic (exact) mass is 328 g/mol. The summed E-state index contributed by atoms with van der Waals surface area (Å²) in [6, 6.07) is 2.76. The first-order valence-electron chi connectivity index (χ1n) is 5.89. The number of nitrogens with zero attached hydrogens (tertiary/aromatic N) is 3. The molecule has 1 N–H and O–H groups in total. The maximum absolute atomic E-state index is 13.0. The summed E-state index contributed by atoms with van der Waals surface area (Å²) in [6.07, 6.45) is 1.27. The molecule has 0 saturated heterocycles.